The SMILES string of the molecule is CN(C)c1ccc([C@@H](CNC(=O)C(=O)NCCC2=CCCCC2)[NH+]2CCOCC2)cc1. The van der Waals surface area contributed by atoms with Crippen molar-refractivity contribution >= 4 is 17.5 Å². The molecule has 0 saturated carbocycles. The lowest BCUT2D eigenvalue weighted by Gasteiger charge is -2.32. The summed E-state index contributed by atoms with van der Waals surface area (Å²) in [5, 5.41) is 5.64. The minimum atomic E-state index is -0.555. The molecule has 3 rings (SSSR count). The van der Waals surface area contributed by atoms with Gasteiger partial charge in [-0.25, -0.2) is 0 Å². The number of carbonyl (C=O) groups excluding carboxylic acids is 2. The van der Waals surface area contributed by atoms with Crippen molar-refractivity contribution in [3.8, 4) is 0 Å². The molecule has 0 unspecified atom stereocenters. The van der Waals surface area contributed by atoms with E-state index in [0.29, 0.717) is 26.3 Å². The number of quaternary nitrogens is 1. The first-order chi connectivity index (χ1) is 15.0. The van der Waals surface area contributed by atoms with Crippen molar-refractivity contribution in [2.24, 2.45) is 0 Å². The van der Waals surface area contributed by atoms with Crippen LogP contribution in [0.1, 0.15) is 43.7 Å². The quantitative estimate of drug-likeness (QED) is 0.423. The zero-order chi connectivity index (χ0) is 22.1. The zero-order valence-corrected chi connectivity index (χ0v) is 18.9. The highest BCUT2D eigenvalue weighted by molar-refractivity contribution is 6.35. The molecule has 1 heterocycles. The summed E-state index contributed by atoms with van der Waals surface area (Å²) in [6.07, 6.45) is 7.82. The molecule has 7 nitrogen and oxygen atoms in total. The van der Waals surface area contributed by atoms with E-state index >= 15 is 0 Å². The molecule has 2 amide bonds. The standard InChI is InChI=1S/C24H36N4O3/c1-27(2)21-10-8-20(9-11-21)22(28-14-16-31-17-15-28)18-26-24(30)23(29)25-13-12-19-6-4-3-5-7-19/h6,8-11,22H,3-5,7,12-18H2,1-2H3,(H,25,29)(H,26,30)/p+1/t22-/m1/s1. The predicted octanol–water partition coefficient (Wildman–Crippen LogP) is 0.832. The molecule has 0 aromatic heterocycles. The van der Waals surface area contributed by atoms with Crippen LogP contribution in [0.5, 0.6) is 0 Å². The Morgan fingerprint density at radius 2 is 1.77 bits per heavy atom. The molecule has 3 N–H and O–H groups in total. The number of nitrogens with zero attached hydrogens (tertiary/aromatic N) is 1. The lowest BCUT2D eigenvalue weighted by atomic mass is 9.97. The molecule has 1 aliphatic carbocycles. The average Bonchev–Trinajstić information content (AvgIpc) is 2.80. The predicted molar refractivity (Wildman–Crippen MR) is 122 cm³/mol. The highest BCUT2D eigenvalue weighted by Gasteiger charge is 2.27. The van der Waals surface area contributed by atoms with E-state index in [9.17, 15) is 9.59 Å². The third-order valence-corrected chi connectivity index (χ3v) is 6.23. The molecule has 0 spiro atoms. The molecule has 31 heavy (non-hydrogen) atoms. The van der Waals surface area contributed by atoms with Gasteiger partial charge in [-0.3, -0.25) is 9.59 Å². The number of anilines is 1. The van der Waals surface area contributed by atoms with Crippen LogP contribution >= 0.6 is 0 Å². The molecule has 0 radical (unpaired) electrons. The van der Waals surface area contributed by atoms with E-state index in [-0.39, 0.29) is 6.04 Å². The third kappa shape index (κ3) is 7.08. The number of carbonyl (C=O) groups is 2. The summed E-state index contributed by atoms with van der Waals surface area (Å²) in [6, 6.07) is 8.51. The van der Waals surface area contributed by atoms with Gasteiger partial charge in [0.05, 0.1) is 19.8 Å². The van der Waals surface area contributed by atoms with E-state index in [1.165, 1.54) is 23.3 Å². The molecule has 1 fully saturated rings. The third-order valence-electron chi connectivity index (χ3n) is 6.23. The minimum Gasteiger partial charge on any atom is -0.378 e. The van der Waals surface area contributed by atoms with Crippen molar-refractivity contribution in [3.05, 3.63) is 41.5 Å². The summed E-state index contributed by atoms with van der Waals surface area (Å²) in [6.45, 7) is 4.14. The number of hydrogen-bond donors (Lipinski definition) is 3. The molecule has 1 saturated heterocycles. The molecule has 1 aliphatic heterocycles. The second kappa shape index (κ2) is 11.9. The molecular weight excluding hydrogens is 392 g/mol. The van der Waals surface area contributed by atoms with Gasteiger partial charge < -0.3 is 25.2 Å². The maximum Gasteiger partial charge on any atom is 0.309 e. The number of amides is 2. The smallest absolute Gasteiger partial charge is 0.309 e. The Morgan fingerprint density at radius 3 is 2.42 bits per heavy atom. The van der Waals surface area contributed by atoms with Crippen molar-refractivity contribution in [3.63, 3.8) is 0 Å². The van der Waals surface area contributed by atoms with Gasteiger partial charge in [0.2, 0.25) is 0 Å². The maximum absolute atomic E-state index is 12.4. The number of morpholine rings is 1. The molecule has 170 valence electrons. The van der Waals surface area contributed by atoms with Crippen LogP contribution in [0.15, 0.2) is 35.9 Å². The molecule has 2 aliphatic rings. The highest BCUT2D eigenvalue weighted by Crippen LogP contribution is 2.19. The molecule has 1 aromatic carbocycles. The number of ether oxygens (including phenoxy) is 1. The summed E-state index contributed by atoms with van der Waals surface area (Å²) in [4.78, 5) is 28.1. The van der Waals surface area contributed by atoms with Crippen LogP contribution in [-0.4, -0.2) is 65.3 Å². The van der Waals surface area contributed by atoms with Crippen LogP contribution in [0.4, 0.5) is 5.69 Å². The van der Waals surface area contributed by atoms with Gasteiger partial charge in [-0.2, -0.15) is 0 Å². The monoisotopic (exact) mass is 429 g/mol. The van der Waals surface area contributed by atoms with Crippen molar-refractivity contribution < 1.29 is 19.2 Å². The van der Waals surface area contributed by atoms with Crippen molar-refractivity contribution in [1.82, 2.24) is 10.6 Å². The Balaban J connectivity index is 1.54. The van der Waals surface area contributed by atoms with Crippen LogP contribution in [0.2, 0.25) is 0 Å². The average molecular weight is 430 g/mol. The Kier molecular flexibility index (Phi) is 8.91. The fraction of sp³-hybridized carbons (Fsp3) is 0.583. The van der Waals surface area contributed by atoms with Crippen molar-refractivity contribution in [1.29, 1.82) is 0 Å². The van der Waals surface area contributed by atoms with Crippen LogP contribution in [0.25, 0.3) is 0 Å². The first-order valence-corrected chi connectivity index (χ1v) is 11.5. The Morgan fingerprint density at radius 1 is 1.06 bits per heavy atom. The first kappa shape index (κ1) is 23.3. The van der Waals surface area contributed by atoms with Gasteiger partial charge in [0.1, 0.15) is 19.1 Å². The second-order valence-corrected chi connectivity index (χ2v) is 8.63. The van der Waals surface area contributed by atoms with Gasteiger partial charge in [0.25, 0.3) is 0 Å². The fourth-order valence-corrected chi connectivity index (χ4v) is 4.31. The molecule has 0 bridgehead atoms. The molecular formula is C24H37N4O3+. The van der Waals surface area contributed by atoms with Gasteiger partial charge in [0.15, 0.2) is 0 Å². The van der Waals surface area contributed by atoms with Gasteiger partial charge in [0, 0.05) is 31.9 Å². The molecule has 7 heteroatoms. The summed E-state index contributed by atoms with van der Waals surface area (Å²) in [5.74, 6) is -1.10. The zero-order valence-electron chi connectivity index (χ0n) is 18.9. The van der Waals surface area contributed by atoms with E-state index in [1.807, 2.05) is 14.1 Å². The van der Waals surface area contributed by atoms with Gasteiger partial charge in [-0.1, -0.05) is 23.8 Å². The highest BCUT2D eigenvalue weighted by atomic mass is 16.5. The Bertz CT molecular complexity index is 755. The number of nitrogens with one attached hydrogen (secondary N) is 3. The Labute approximate surface area is 185 Å². The number of allylic oxidation sites excluding steroid dienone is 1. The van der Waals surface area contributed by atoms with E-state index in [1.54, 1.807) is 0 Å². The maximum atomic E-state index is 12.4. The van der Waals surface area contributed by atoms with Crippen LogP contribution in [-0.2, 0) is 14.3 Å². The lowest BCUT2D eigenvalue weighted by molar-refractivity contribution is -0.937. The Hall–Kier alpha value is -2.38. The van der Waals surface area contributed by atoms with E-state index in [2.05, 4.69) is 45.9 Å². The van der Waals surface area contributed by atoms with E-state index < -0.39 is 11.8 Å². The topological polar surface area (TPSA) is 75.1 Å². The summed E-state index contributed by atoms with van der Waals surface area (Å²) < 4.78 is 5.51. The van der Waals surface area contributed by atoms with Crippen molar-refractivity contribution in [2.45, 2.75) is 38.1 Å². The number of rotatable bonds is 8. The van der Waals surface area contributed by atoms with Gasteiger partial charge in [-0.05, 0) is 44.2 Å². The summed E-state index contributed by atoms with van der Waals surface area (Å²) in [5.41, 5.74) is 3.69. The van der Waals surface area contributed by atoms with Gasteiger partial charge in [-0.15, -0.1) is 0 Å². The number of hydrogen-bond acceptors (Lipinski definition) is 4. The van der Waals surface area contributed by atoms with Crippen LogP contribution < -0.4 is 20.4 Å². The van der Waals surface area contributed by atoms with Crippen LogP contribution in [0, 0.1) is 0 Å². The largest absolute Gasteiger partial charge is 0.378 e. The summed E-state index contributed by atoms with van der Waals surface area (Å²) in [7, 11) is 4.03. The number of benzene rings is 1. The molecule has 1 aromatic rings. The second-order valence-electron chi connectivity index (χ2n) is 8.63. The summed E-state index contributed by atoms with van der Waals surface area (Å²) >= 11 is 0. The fourth-order valence-electron chi connectivity index (χ4n) is 4.31. The lowest BCUT2D eigenvalue weighted by Crippen LogP contribution is -3.15. The van der Waals surface area contributed by atoms with Crippen molar-refractivity contribution in [2.75, 3.05) is 58.4 Å². The first-order valence-electron chi connectivity index (χ1n) is 11.5. The minimum absolute atomic E-state index is 0.0873. The van der Waals surface area contributed by atoms with Gasteiger partial charge >= 0.3 is 11.8 Å². The van der Waals surface area contributed by atoms with E-state index in [4.69, 9.17) is 4.74 Å². The normalized spacial score (nSPS) is 18.1. The molecule has 1 atom stereocenters. The van der Waals surface area contributed by atoms with Crippen LogP contribution in [0.3, 0.4) is 0 Å². The van der Waals surface area contributed by atoms with E-state index in [0.717, 1.165) is 43.6 Å².